The molecule has 0 aliphatic carbocycles. The van der Waals surface area contributed by atoms with E-state index in [0.717, 1.165) is 16.8 Å². The monoisotopic (exact) mass is 479 g/mol. The van der Waals surface area contributed by atoms with Crippen molar-refractivity contribution in [2.75, 3.05) is 5.75 Å². The summed E-state index contributed by atoms with van der Waals surface area (Å²) in [5, 5.41) is 9.97. The molecule has 0 aliphatic heterocycles. The number of nitrogens with one attached hydrogen (secondary N) is 1. The van der Waals surface area contributed by atoms with Crippen molar-refractivity contribution in [2.45, 2.75) is 32.9 Å². The average Bonchev–Trinajstić information content (AvgIpc) is 3.35. The first-order valence-electron chi connectivity index (χ1n) is 10.3. The smallest absolute Gasteiger partial charge is 0.196 e. The van der Waals surface area contributed by atoms with E-state index in [2.05, 4.69) is 20.2 Å². The van der Waals surface area contributed by atoms with Crippen molar-refractivity contribution < 1.29 is 9.59 Å². The van der Waals surface area contributed by atoms with Crippen molar-refractivity contribution in [3.63, 3.8) is 0 Å². The van der Waals surface area contributed by atoms with Crippen LogP contribution in [0, 0.1) is 20.8 Å². The van der Waals surface area contributed by atoms with Crippen LogP contribution in [0.4, 0.5) is 0 Å². The number of carbonyl (C=O) groups is 2. The second kappa shape index (κ2) is 9.33. The summed E-state index contributed by atoms with van der Waals surface area (Å²) >= 11 is 7.68. The number of halogens is 1. The van der Waals surface area contributed by atoms with Crippen LogP contribution in [0.3, 0.4) is 0 Å². The van der Waals surface area contributed by atoms with Crippen molar-refractivity contribution in [3.05, 3.63) is 75.8 Å². The fourth-order valence-corrected chi connectivity index (χ4v) is 4.85. The molecule has 0 fully saturated rings. The normalized spacial score (nSPS) is 11.1. The van der Waals surface area contributed by atoms with Crippen LogP contribution in [0.25, 0.3) is 17.1 Å². The second-order valence-corrected chi connectivity index (χ2v) is 9.00. The van der Waals surface area contributed by atoms with E-state index in [1.165, 1.54) is 18.7 Å². The molecule has 9 heteroatoms. The highest BCUT2D eigenvalue weighted by Crippen LogP contribution is 2.32. The van der Waals surface area contributed by atoms with Gasteiger partial charge in [-0.1, -0.05) is 29.4 Å². The molecule has 3 heterocycles. The standard InChI is InChI=1S/C24H22ClN5O2S/c1-13-18(25)6-5-7-19(13)30-23(17-8-10-26-11-9-17)28-29-24(30)33-12-20(32)22-14(2)21(16(4)31)15(3)27-22/h5-11,27H,12H2,1-4H3. The SMILES string of the molecule is CC(=O)c1c(C)[nH]c(C(=O)CSc2nnc(-c3ccncc3)n2-c2cccc(Cl)c2C)c1C. The number of Topliss-reactive ketones (excluding diaryl/α,β-unsaturated/α-hetero) is 2. The Morgan fingerprint density at radius 3 is 2.45 bits per heavy atom. The van der Waals surface area contributed by atoms with Gasteiger partial charge in [0.2, 0.25) is 0 Å². The molecule has 7 nitrogen and oxygen atoms in total. The van der Waals surface area contributed by atoms with E-state index < -0.39 is 0 Å². The van der Waals surface area contributed by atoms with Crippen LogP contribution in [-0.2, 0) is 0 Å². The Kier molecular flexibility index (Phi) is 6.49. The Bertz CT molecular complexity index is 1360. The number of aromatic amines is 1. The van der Waals surface area contributed by atoms with E-state index in [9.17, 15) is 9.59 Å². The summed E-state index contributed by atoms with van der Waals surface area (Å²) in [7, 11) is 0. The van der Waals surface area contributed by atoms with Crippen molar-refractivity contribution in [2.24, 2.45) is 0 Å². The van der Waals surface area contributed by atoms with E-state index >= 15 is 0 Å². The first-order valence-corrected chi connectivity index (χ1v) is 11.6. The van der Waals surface area contributed by atoms with Crippen molar-refractivity contribution >= 4 is 34.9 Å². The minimum atomic E-state index is -0.115. The number of thioether (sulfide) groups is 1. The summed E-state index contributed by atoms with van der Waals surface area (Å²) in [5.41, 5.74) is 4.95. The third kappa shape index (κ3) is 4.36. The maximum absolute atomic E-state index is 13.0. The second-order valence-electron chi connectivity index (χ2n) is 7.65. The summed E-state index contributed by atoms with van der Waals surface area (Å²) in [6.07, 6.45) is 3.39. The molecular formula is C24H22ClN5O2S. The molecule has 1 N–H and O–H groups in total. The van der Waals surface area contributed by atoms with Gasteiger partial charge < -0.3 is 4.98 Å². The Hall–Kier alpha value is -3.23. The number of nitrogens with zero attached hydrogens (tertiary/aromatic N) is 4. The Labute approximate surface area is 200 Å². The molecule has 0 aliphatic rings. The van der Waals surface area contributed by atoms with Crippen LogP contribution >= 0.6 is 23.4 Å². The average molecular weight is 480 g/mol. The lowest BCUT2D eigenvalue weighted by atomic mass is 10.1. The number of H-pyrrole nitrogens is 1. The Morgan fingerprint density at radius 1 is 1.06 bits per heavy atom. The van der Waals surface area contributed by atoms with Gasteiger partial charge >= 0.3 is 0 Å². The number of carbonyl (C=O) groups excluding carboxylic acids is 2. The van der Waals surface area contributed by atoms with Crippen molar-refractivity contribution in [3.8, 4) is 17.1 Å². The third-order valence-corrected chi connectivity index (χ3v) is 6.79. The van der Waals surface area contributed by atoms with Gasteiger partial charge in [-0.3, -0.25) is 19.1 Å². The summed E-state index contributed by atoms with van der Waals surface area (Å²) in [6.45, 7) is 7.02. The zero-order chi connectivity index (χ0) is 23.7. The van der Waals surface area contributed by atoms with E-state index in [4.69, 9.17) is 11.6 Å². The van der Waals surface area contributed by atoms with Crippen LogP contribution in [0.1, 0.15) is 44.6 Å². The number of hydrogen-bond donors (Lipinski definition) is 1. The topological polar surface area (TPSA) is 93.5 Å². The number of pyridine rings is 1. The predicted molar refractivity (Wildman–Crippen MR) is 130 cm³/mol. The van der Waals surface area contributed by atoms with Crippen LogP contribution in [0.2, 0.25) is 5.02 Å². The zero-order valence-electron chi connectivity index (χ0n) is 18.6. The summed E-state index contributed by atoms with van der Waals surface area (Å²) in [5.74, 6) is 0.581. The van der Waals surface area contributed by atoms with Gasteiger partial charge in [0.25, 0.3) is 0 Å². The summed E-state index contributed by atoms with van der Waals surface area (Å²) in [4.78, 5) is 32.1. The molecule has 33 heavy (non-hydrogen) atoms. The van der Waals surface area contributed by atoms with E-state index in [1.807, 2.05) is 41.8 Å². The lowest BCUT2D eigenvalue weighted by Gasteiger charge is -2.13. The molecule has 3 aromatic heterocycles. The predicted octanol–water partition coefficient (Wildman–Crippen LogP) is 5.41. The summed E-state index contributed by atoms with van der Waals surface area (Å²) in [6, 6.07) is 9.35. The molecule has 1 aromatic carbocycles. The lowest BCUT2D eigenvalue weighted by Crippen LogP contribution is -2.08. The Morgan fingerprint density at radius 2 is 1.79 bits per heavy atom. The third-order valence-electron chi connectivity index (χ3n) is 5.45. The minimum Gasteiger partial charge on any atom is -0.355 e. The number of hydrogen-bond acceptors (Lipinski definition) is 6. The highest BCUT2D eigenvalue weighted by molar-refractivity contribution is 7.99. The van der Waals surface area contributed by atoms with Gasteiger partial charge in [-0.05, 0) is 63.1 Å². The lowest BCUT2D eigenvalue weighted by molar-refractivity contribution is 0.101. The number of ketones is 2. The fourth-order valence-electron chi connectivity index (χ4n) is 3.87. The number of aromatic nitrogens is 5. The first-order chi connectivity index (χ1) is 15.8. The molecule has 0 atom stereocenters. The van der Waals surface area contributed by atoms with Gasteiger partial charge in [0.05, 0.1) is 17.1 Å². The zero-order valence-corrected chi connectivity index (χ0v) is 20.2. The molecule has 4 aromatic rings. The molecular weight excluding hydrogens is 458 g/mol. The Balaban J connectivity index is 1.71. The minimum absolute atomic E-state index is 0.0638. The van der Waals surface area contributed by atoms with Crippen molar-refractivity contribution in [1.82, 2.24) is 24.7 Å². The fraction of sp³-hybridized carbons (Fsp3) is 0.208. The van der Waals surface area contributed by atoms with Gasteiger partial charge in [-0.25, -0.2) is 0 Å². The van der Waals surface area contributed by atoms with Crippen LogP contribution in [0.5, 0.6) is 0 Å². The molecule has 0 bridgehead atoms. The molecule has 4 rings (SSSR count). The first kappa shape index (κ1) is 22.9. The van der Waals surface area contributed by atoms with Crippen LogP contribution in [-0.4, -0.2) is 42.1 Å². The van der Waals surface area contributed by atoms with Gasteiger partial charge in [0, 0.05) is 34.2 Å². The molecule has 0 saturated heterocycles. The quantitative estimate of drug-likeness (QED) is 0.281. The van der Waals surface area contributed by atoms with Gasteiger partial charge in [0.1, 0.15) is 0 Å². The highest BCUT2D eigenvalue weighted by Gasteiger charge is 2.23. The molecule has 0 spiro atoms. The number of aryl methyl sites for hydroxylation is 1. The molecule has 0 saturated carbocycles. The molecule has 168 valence electrons. The van der Waals surface area contributed by atoms with E-state index in [0.29, 0.717) is 38.5 Å². The highest BCUT2D eigenvalue weighted by atomic mass is 35.5. The van der Waals surface area contributed by atoms with Gasteiger partial charge in [-0.2, -0.15) is 0 Å². The number of benzene rings is 1. The maximum atomic E-state index is 13.0. The van der Waals surface area contributed by atoms with E-state index in [-0.39, 0.29) is 17.3 Å². The van der Waals surface area contributed by atoms with Crippen molar-refractivity contribution in [1.29, 1.82) is 0 Å². The van der Waals surface area contributed by atoms with Gasteiger partial charge in [-0.15, -0.1) is 10.2 Å². The van der Waals surface area contributed by atoms with Gasteiger partial charge in [0.15, 0.2) is 22.5 Å². The number of rotatable bonds is 7. The van der Waals surface area contributed by atoms with Crippen LogP contribution in [0.15, 0.2) is 47.9 Å². The van der Waals surface area contributed by atoms with Crippen LogP contribution < -0.4 is 0 Å². The molecule has 0 radical (unpaired) electrons. The maximum Gasteiger partial charge on any atom is 0.196 e. The molecule has 0 unspecified atom stereocenters. The largest absolute Gasteiger partial charge is 0.355 e. The molecule has 0 amide bonds. The van der Waals surface area contributed by atoms with E-state index in [1.54, 1.807) is 26.2 Å². The summed E-state index contributed by atoms with van der Waals surface area (Å²) < 4.78 is 1.91.